The molecule has 0 amide bonds. The Balaban J connectivity index is 0.00000280. The van der Waals surface area contributed by atoms with Gasteiger partial charge in [0.15, 0.2) is 13.6 Å². The standard InChI is InChI=1S/C22H25O5.Pr/c1-4-5-19-20-11-10-18(27-15-24-3)12-22(20)25-13-21(19)16-6-8-17(9-7-16)26-14-23-2;/h4,6-12,19H,1,5,13-15H2,2-3H3;/q-1;/t19-;/m1./s1. The van der Waals surface area contributed by atoms with Gasteiger partial charge in [0.25, 0.3) is 0 Å². The number of ether oxygens (including phenoxy) is 5. The smallest absolute Gasteiger partial charge is 0.188 e. The summed E-state index contributed by atoms with van der Waals surface area (Å²) in [4.78, 5) is 0. The minimum absolute atomic E-state index is 0. The third-order valence-electron chi connectivity index (χ3n) is 4.48. The third kappa shape index (κ3) is 5.63. The summed E-state index contributed by atoms with van der Waals surface area (Å²) in [6.07, 6.45) is 2.79. The third-order valence-corrected chi connectivity index (χ3v) is 4.48. The predicted molar refractivity (Wildman–Crippen MR) is 103 cm³/mol. The zero-order valence-electron chi connectivity index (χ0n) is 16.4. The molecule has 1 heterocycles. The summed E-state index contributed by atoms with van der Waals surface area (Å²) >= 11 is 0. The van der Waals surface area contributed by atoms with E-state index in [1.165, 1.54) is 5.92 Å². The first-order chi connectivity index (χ1) is 13.3. The first-order valence-corrected chi connectivity index (χ1v) is 8.84. The van der Waals surface area contributed by atoms with E-state index in [4.69, 9.17) is 23.7 Å². The fourth-order valence-electron chi connectivity index (χ4n) is 3.20. The SMILES string of the molecule is C=CC[C@@H]1c2ccc(OCOC)cc2OC[C-]1c1ccc(OCOC)cc1.[Pr]. The van der Waals surface area contributed by atoms with Crippen molar-refractivity contribution in [3.8, 4) is 17.2 Å². The average molecular weight is 510 g/mol. The molecular formula is C22H25O5Pr-. The molecule has 28 heavy (non-hydrogen) atoms. The number of hydrogen-bond donors (Lipinski definition) is 0. The Kier molecular flexibility index (Phi) is 9.59. The van der Waals surface area contributed by atoms with Crippen molar-refractivity contribution in [1.29, 1.82) is 0 Å². The van der Waals surface area contributed by atoms with Crippen LogP contribution in [0.4, 0.5) is 0 Å². The molecule has 0 saturated carbocycles. The molecule has 0 fully saturated rings. The first kappa shape index (κ1) is 23.0. The molecule has 1 radical (unpaired) electrons. The zero-order valence-corrected chi connectivity index (χ0v) is 20.1. The quantitative estimate of drug-likeness (QED) is 0.286. The van der Waals surface area contributed by atoms with E-state index in [9.17, 15) is 0 Å². The van der Waals surface area contributed by atoms with Gasteiger partial charge in [-0.25, -0.2) is 0 Å². The topological polar surface area (TPSA) is 46.2 Å². The van der Waals surface area contributed by atoms with Crippen molar-refractivity contribution in [1.82, 2.24) is 0 Å². The van der Waals surface area contributed by atoms with Crippen LogP contribution in [0, 0.1) is 47.2 Å². The largest absolute Gasteiger partial charge is 0.501 e. The van der Waals surface area contributed by atoms with Crippen LogP contribution in [0.3, 0.4) is 0 Å². The minimum Gasteiger partial charge on any atom is -0.501 e. The maximum atomic E-state index is 6.04. The number of methoxy groups -OCH3 is 2. The van der Waals surface area contributed by atoms with Crippen molar-refractivity contribution in [2.45, 2.75) is 12.3 Å². The van der Waals surface area contributed by atoms with Crippen molar-refractivity contribution in [2.24, 2.45) is 0 Å². The second-order valence-electron chi connectivity index (χ2n) is 6.22. The molecule has 0 saturated heterocycles. The predicted octanol–water partition coefficient (Wildman–Crippen LogP) is 4.33. The van der Waals surface area contributed by atoms with Crippen LogP contribution in [0.25, 0.3) is 0 Å². The second-order valence-corrected chi connectivity index (χ2v) is 6.22. The molecule has 2 aromatic rings. The summed E-state index contributed by atoms with van der Waals surface area (Å²) in [7, 11) is 3.20. The molecule has 0 aliphatic carbocycles. The number of benzene rings is 2. The molecule has 0 N–H and O–H groups in total. The number of rotatable bonds is 9. The molecule has 2 aromatic carbocycles. The zero-order chi connectivity index (χ0) is 19.1. The minimum atomic E-state index is 0. The van der Waals surface area contributed by atoms with E-state index in [0.717, 1.165) is 34.8 Å². The Labute approximate surface area is 199 Å². The van der Waals surface area contributed by atoms with Gasteiger partial charge in [0.1, 0.15) is 11.5 Å². The van der Waals surface area contributed by atoms with Gasteiger partial charge in [-0.05, 0) is 24.0 Å². The normalized spacial score (nSPS) is 15.1. The van der Waals surface area contributed by atoms with Gasteiger partial charge in [-0.3, -0.25) is 0 Å². The van der Waals surface area contributed by atoms with Gasteiger partial charge in [-0.1, -0.05) is 24.3 Å². The summed E-state index contributed by atoms with van der Waals surface area (Å²) in [6, 6.07) is 13.9. The number of allylic oxidation sites excluding steroid dienone is 1. The van der Waals surface area contributed by atoms with Crippen LogP contribution in [0.1, 0.15) is 23.5 Å². The molecule has 3 rings (SSSR count). The van der Waals surface area contributed by atoms with E-state index in [0.29, 0.717) is 6.61 Å². The van der Waals surface area contributed by atoms with Crippen LogP contribution in [0.15, 0.2) is 55.1 Å². The van der Waals surface area contributed by atoms with Crippen LogP contribution < -0.4 is 14.2 Å². The van der Waals surface area contributed by atoms with Gasteiger partial charge in [0.05, 0.1) is 12.4 Å². The maximum Gasteiger partial charge on any atom is 0.188 e. The monoisotopic (exact) mass is 510 g/mol. The van der Waals surface area contributed by atoms with Crippen molar-refractivity contribution in [3.63, 3.8) is 0 Å². The molecular weight excluding hydrogens is 485 g/mol. The second kappa shape index (κ2) is 11.7. The molecule has 1 aliphatic rings. The van der Waals surface area contributed by atoms with Gasteiger partial charge >= 0.3 is 0 Å². The van der Waals surface area contributed by atoms with Gasteiger partial charge in [0.2, 0.25) is 0 Å². The molecule has 0 unspecified atom stereocenters. The fourth-order valence-corrected chi connectivity index (χ4v) is 3.20. The Morgan fingerprint density at radius 2 is 1.68 bits per heavy atom. The molecule has 1 atom stereocenters. The summed E-state index contributed by atoms with van der Waals surface area (Å²) in [5.41, 5.74) is 2.28. The fraction of sp³-hybridized carbons (Fsp3) is 0.318. The molecule has 6 heteroatoms. The van der Waals surface area contributed by atoms with Crippen molar-refractivity contribution < 1.29 is 65.0 Å². The van der Waals surface area contributed by atoms with Crippen molar-refractivity contribution in [2.75, 3.05) is 34.4 Å². The first-order valence-electron chi connectivity index (χ1n) is 8.84. The van der Waals surface area contributed by atoms with E-state index in [1.807, 2.05) is 30.3 Å². The summed E-state index contributed by atoms with van der Waals surface area (Å²) in [6.45, 7) is 4.90. The number of hydrogen-bond acceptors (Lipinski definition) is 5. The molecule has 0 aromatic heterocycles. The summed E-state index contributed by atoms with van der Waals surface area (Å²) in [5, 5.41) is 0. The average Bonchev–Trinajstić information content (AvgIpc) is 2.71. The van der Waals surface area contributed by atoms with E-state index >= 15 is 0 Å². The van der Waals surface area contributed by atoms with E-state index in [1.54, 1.807) is 14.2 Å². The molecule has 147 valence electrons. The van der Waals surface area contributed by atoms with Crippen LogP contribution in [-0.4, -0.2) is 34.4 Å². The van der Waals surface area contributed by atoms with Gasteiger partial charge in [-0.15, -0.1) is 12.5 Å². The molecule has 5 nitrogen and oxygen atoms in total. The summed E-state index contributed by atoms with van der Waals surface area (Å²) in [5.74, 6) is 3.80. The molecule has 0 spiro atoms. The Bertz CT molecular complexity index is 747. The van der Waals surface area contributed by atoms with E-state index < -0.39 is 0 Å². The Hall–Kier alpha value is -1.27. The van der Waals surface area contributed by atoms with Crippen molar-refractivity contribution in [3.05, 3.63) is 72.2 Å². The van der Waals surface area contributed by atoms with Crippen LogP contribution in [0.5, 0.6) is 17.2 Å². The van der Waals surface area contributed by atoms with Crippen molar-refractivity contribution >= 4 is 0 Å². The van der Waals surface area contributed by atoms with Gasteiger partial charge in [0, 0.05) is 61.6 Å². The van der Waals surface area contributed by atoms with Crippen LogP contribution in [0.2, 0.25) is 0 Å². The Morgan fingerprint density at radius 3 is 2.32 bits per heavy atom. The molecule has 1 aliphatic heterocycles. The Morgan fingerprint density at radius 1 is 1.04 bits per heavy atom. The van der Waals surface area contributed by atoms with Crippen LogP contribution in [-0.2, 0) is 9.47 Å². The number of fused-ring (bicyclic) bond motifs is 1. The van der Waals surface area contributed by atoms with Crippen LogP contribution >= 0.6 is 0 Å². The van der Waals surface area contributed by atoms with E-state index in [-0.39, 0.29) is 60.8 Å². The summed E-state index contributed by atoms with van der Waals surface area (Å²) < 4.78 is 26.9. The molecule has 0 bridgehead atoms. The van der Waals surface area contributed by atoms with Gasteiger partial charge < -0.3 is 23.7 Å². The maximum absolute atomic E-state index is 6.04. The van der Waals surface area contributed by atoms with Gasteiger partial charge in [-0.2, -0.15) is 17.7 Å². The van der Waals surface area contributed by atoms with E-state index in [2.05, 4.69) is 24.8 Å².